The zero-order valence-corrected chi connectivity index (χ0v) is 13.3. The fourth-order valence-corrected chi connectivity index (χ4v) is 2.27. The second-order valence-corrected chi connectivity index (χ2v) is 5.53. The molecule has 2 aromatic rings. The maximum absolute atomic E-state index is 12.0. The van der Waals surface area contributed by atoms with E-state index in [4.69, 9.17) is 16.7 Å². The Balaban J connectivity index is 1.83. The van der Waals surface area contributed by atoms with Gasteiger partial charge in [-0.1, -0.05) is 29.8 Å². The molecule has 2 N–H and O–H groups in total. The van der Waals surface area contributed by atoms with Crippen molar-refractivity contribution in [2.24, 2.45) is 0 Å². The molecule has 6 nitrogen and oxygen atoms in total. The molecule has 0 aliphatic carbocycles. The standard InChI is InChI=1S/C16H18ClN3O3/c17-14-6-2-1-5-12(14)10-20-11-13(9-19-20)16(23)18-8-4-3-7-15(21)22/h1-2,5-6,9,11H,3-4,7-8,10H2,(H,18,23)(H,21,22). The van der Waals surface area contributed by atoms with Crippen LogP contribution in [-0.2, 0) is 11.3 Å². The Hall–Kier alpha value is -2.34. The van der Waals surface area contributed by atoms with Crippen LogP contribution in [0.2, 0.25) is 5.02 Å². The molecule has 122 valence electrons. The van der Waals surface area contributed by atoms with Crippen molar-refractivity contribution in [1.29, 1.82) is 0 Å². The monoisotopic (exact) mass is 335 g/mol. The number of rotatable bonds is 8. The number of nitrogens with one attached hydrogen (secondary N) is 1. The summed E-state index contributed by atoms with van der Waals surface area (Å²) in [6.45, 7) is 0.938. The van der Waals surface area contributed by atoms with Crippen molar-refractivity contribution in [3.63, 3.8) is 0 Å². The lowest BCUT2D eigenvalue weighted by atomic mass is 10.2. The maximum Gasteiger partial charge on any atom is 0.303 e. The van der Waals surface area contributed by atoms with Crippen molar-refractivity contribution < 1.29 is 14.7 Å². The van der Waals surface area contributed by atoms with Crippen LogP contribution in [0.5, 0.6) is 0 Å². The molecule has 0 radical (unpaired) electrons. The van der Waals surface area contributed by atoms with Crippen LogP contribution in [0, 0.1) is 0 Å². The molecular weight excluding hydrogens is 318 g/mol. The first-order valence-electron chi connectivity index (χ1n) is 7.32. The van der Waals surface area contributed by atoms with Gasteiger partial charge in [-0.25, -0.2) is 0 Å². The van der Waals surface area contributed by atoms with Gasteiger partial charge in [-0.3, -0.25) is 14.3 Å². The number of carboxylic acids is 1. The molecular formula is C16H18ClN3O3. The summed E-state index contributed by atoms with van der Waals surface area (Å²) in [4.78, 5) is 22.4. The summed E-state index contributed by atoms with van der Waals surface area (Å²) in [5.74, 6) is -1.04. The molecule has 0 unspecified atom stereocenters. The van der Waals surface area contributed by atoms with Gasteiger partial charge in [0.25, 0.3) is 5.91 Å². The normalized spacial score (nSPS) is 10.5. The first-order chi connectivity index (χ1) is 11.1. The van der Waals surface area contributed by atoms with Crippen LogP contribution in [0.4, 0.5) is 0 Å². The van der Waals surface area contributed by atoms with Crippen molar-refractivity contribution in [3.8, 4) is 0 Å². The average molecular weight is 336 g/mol. The van der Waals surface area contributed by atoms with Crippen LogP contribution in [0.25, 0.3) is 0 Å². The van der Waals surface area contributed by atoms with E-state index >= 15 is 0 Å². The Kier molecular flexibility index (Phi) is 6.17. The van der Waals surface area contributed by atoms with E-state index in [1.807, 2.05) is 24.3 Å². The third-order valence-corrected chi connectivity index (χ3v) is 3.66. The zero-order chi connectivity index (χ0) is 16.7. The van der Waals surface area contributed by atoms with E-state index in [-0.39, 0.29) is 12.3 Å². The lowest BCUT2D eigenvalue weighted by Gasteiger charge is -2.04. The lowest BCUT2D eigenvalue weighted by molar-refractivity contribution is -0.137. The number of hydrogen-bond donors (Lipinski definition) is 2. The Labute approximate surface area is 139 Å². The highest BCUT2D eigenvalue weighted by atomic mass is 35.5. The number of carbonyl (C=O) groups is 2. The second-order valence-electron chi connectivity index (χ2n) is 5.12. The highest BCUT2D eigenvalue weighted by Crippen LogP contribution is 2.16. The molecule has 0 bridgehead atoms. The number of halogens is 1. The minimum Gasteiger partial charge on any atom is -0.481 e. The van der Waals surface area contributed by atoms with Gasteiger partial charge in [0.05, 0.1) is 18.3 Å². The maximum atomic E-state index is 12.0. The van der Waals surface area contributed by atoms with E-state index in [9.17, 15) is 9.59 Å². The molecule has 7 heteroatoms. The minimum atomic E-state index is -0.822. The number of aliphatic carboxylic acids is 1. The molecule has 0 aliphatic heterocycles. The van der Waals surface area contributed by atoms with Gasteiger partial charge in [0.2, 0.25) is 0 Å². The van der Waals surface area contributed by atoms with Crippen LogP contribution in [0.1, 0.15) is 35.2 Å². The lowest BCUT2D eigenvalue weighted by Crippen LogP contribution is -2.24. The first kappa shape index (κ1) is 17.0. The zero-order valence-electron chi connectivity index (χ0n) is 12.5. The van der Waals surface area contributed by atoms with Crippen molar-refractivity contribution in [1.82, 2.24) is 15.1 Å². The average Bonchev–Trinajstić information content (AvgIpc) is 2.97. The van der Waals surface area contributed by atoms with Crippen molar-refractivity contribution in [2.75, 3.05) is 6.54 Å². The fraction of sp³-hybridized carbons (Fsp3) is 0.312. The summed E-state index contributed by atoms with van der Waals surface area (Å²) < 4.78 is 1.65. The van der Waals surface area contributed by atoms with Crippen LogP contribution in [0.3, 0.4) is 0 Å². The van der Waals surface area contributed by atoms with Crippen molar-refractivity contribution >= 4 is 23.5 Å². The highest BCUT2D eigenvalue weighted by Gasteiger charge is 2.09. The fourth-order valence-electron chi connectivity index (χ4n) is 2.07. The molecule has 0 fully saturated rings. The number of carboxylic acid groups (broad SMARTS) is 1. The number of carbonyl (C=O) groups excluding carboxylic acids is 1. The van der Waals surface area contributed by atoms with E-state index in [0.717, 1.165) is 5.56 Å². The molecule has 0 aliphatic rings. The Bertz CT molecular complexity index is 685. The van der Waals surface area contributed by atoms with Crippen LogP contribution >= 0.6 is 11.6 Å². The minimum absolute atomic E-state index is 0.117. The van der Waals surface area contributed by atoms with Crippen molar-refractivity contribution in [3.05, 3.63) is 52.8 Å². The molecule has 0 spiro atoms. The topological polar surface area (TPSA) is 84.2 Å². The predicted molar refractivity (Wildman–Crippen MR) is 86.6 cm³/mol. The largest absolute Gasteiger partial charge is 0.481 e. The quantitative estimate of drug-likeness (QED) is 0.726. The summed E-state index contributed by atoms with van der Waals surface area (Å²) in [5.41, 5.74) is 1.40. The summed E-state index contributed by atoms with van der Waals surface area (Å²) in [6.07, 6.45) is 4.46. The Morgan fingerprint density at radius 2 is 2.04 bits per heavy atom. The van der Waals surface area contributed by atoms with Gasteiger partial charge >= 0.3 is 5.97 Å². The number of unbranched alkanes of at least 4 members (excludes halogenated alkanes) is 1. The molecule has 0 atom stereocenters. The second kappa shape index (κ2) is 8.33. The molecule has 2 rings (SSSR count). The molecule has 1 heterocycles. The molecule has 0 saturated heterocycles. The summed E-state index contributed by atoms with van der Waals surface area (Å²) in [6, 6.07) is 7.48. The molecule has 0 saturated carbocycles. The molecule has 1 aromatic heterocycles. The number of aromatic nitrogens is 2. The van der Waals surface area contributed by atoms with E-state index in [0.29, 0.717) is 36.5 Å². The third kappa shape index (κ3) is 5.41. The molecule has 1 amide bonds. The van der Waals surface area contributed by atoms with Gasteiger partial charge in [-0.2, -0.15) is 5.10 Å². The number of hydrogen-bond acceptors (Lipinski definition) is 3. The Morgan fingerprint density at radius 1 is 1.26 bits per heavy atom. The van der Waals surface area contributed by atoms with E-state index in [1.165, 1.54) is 6.20 Å². The van der Waals surface area contributed by atoms with E-state index < -0.39 is 5.97 Å². The van der Waals surface area contributed by atoms with Crippen molar-refractivity contribution in [2.45, 2.75) is 25.8 Å². The number of nitrogens with zero attached hydrogens (tertiary/aromatic N) is 2. The van der Waals surface area contributed by atoms with Gasteiger partial charge in [-0.15, -0.1) is 0 Å². The van der Waals surface area contributed by atoms with E-state index in [1.54, 1.807) is 10.9 Å². The van der Waals surface area contributed by atoms with Crippen LogP contribution in [-0.4, -0.2) is 33.3 Å². The summed E-state index contributed by atoms with van der Waals surface area (Å²) in [5, 5.41) is 16.1. The molecule has 1 aromatic carbocycles. The van der Waals surface area contributed by atoms with Crippen LogP contribution in [0.15, 0.2) is 36.7 Å². The van der Waals surface area contributed by atoms with Gasteiger partial charge in [-0.05, 0) is 24.5 Å². The van der Waals surface area contributed by atoms with Crippen LogP contribution < -0.4 is 5.32 Å². The van der Waals surface area contributed by atoms with Gasteiger partial charge < -0.3 is 10.4 Å². The predicted octanol–water partition coefficient (Wildman–Crippen LogP) is 2.57. The van der Waals surface area contributed by atoms with E-state index in [2.05, 4.69) is 10.4 Å². The summed E-state index contributed by atoms with van der Waals surface area (Å²) in [7, 11) is 0. The highest BCUT2D eigenvalue weighted by molar-refractivity contribution is 6.31. The van der Waals surface area contributed by atoms with Gasteiger partial charge in [0, 0.05) is 24.2 Å². The third-order valence-electron chi connectivity index (χ3n) is 3.29. The number of benzene rings is 1. The smallest absolute Gasteiger partial charge is 0.303 e. The SMILES string of the molecule is O=C(O)CCCCNC(=O)c1cnn(Cc2ccccc2Cl)c1. The first-order valence-corrected chi connectivity index (χ1v) is 7.70. The number of amides is 1. The Morgan fingerprint density at radius 3 is 2.78 bits per heavy atom. The molecule has 23 heavy (non-hydrogen) atoms. The van der Waals surface area contributed by atoms with Gasteiger partial charge in [0.15, 0.2) is 0 Å². The summed E-state index contributed by atoms with van der Waals surface area (Å²) >= 11 is 6.10. The van der Waals surface area contributed by atoms with Gasteiger partial charge in [0.1, 0.15) is 0 Å².